The average molecular weight is 220 g/mol. The Bertz CT molecular complexity index is 206. The first-order valence-electron chi connectivity index (χ1n) is 4.70. The van der Waals surface area contributed by atoms with Crippen molar-refractivity contribution in [3.05, 3.63) is 0 Å². The Balaban J connectivity index is 0. The van der Waals surface area contributed by atoms with Gasteiger partial charge < -0.3 is 21.7 Å². The molecule has 0 aliphatic rings. The van der Waals surface area contributed by atoms with Gasteiger partial charge in [-0.3, -0.25) is 9.59 Å². The van der Waals surface area contributed by atoms with Gasteiger partial charge in [-0.1, -0.05) is 20.3 Å². The zero-order chi connectivity index (χ0) is 12.6. The second-order valence-electron chi connectivity index (χ2n) is 3.38. The fraction of sp³-hybridized carbons (Fsp3) is 0.778. The van der Waals surface area contributed by atoms with Crippen LogP contribution >= 0.6 is 0 Å². The number of carboxylic acids is 2. The lowest BCUT2D eigenvalue weighted by Crippen LogP contribution is -2.36. The molecule has 0 aliphatic heterocycles. The van der Waals surface area contributed by atoms with E-state index in [1.54, 1.807) is 0 Å². The largest absolute Gasteiger partial charge is 0.480 e. The summed E-state index contributed by atoms with van der Waals surface area (Å²) in [7, 11) is 0. The molecule has 0 radical (unpaired) electrons. The minimum Gasteiger partial charge on any atom is -0.480 e. The Hall–Kier alpha value is -1.14. The molecule has 0 saturated carbocycles. The van der Waals surface area contributed by atoms with Crippen molar-refractivity contribution >= 4 is 11.9 Å². The number of carboxylic acid groups (broad SMARTS) is 2. The maximum Gasteiger partial charge on any atom is 0.320 e. The van der Waals surface area contributed by atoms with Gasteiger partial charge in [0.1, 0.15) is 12.1 Å². The zero-order valence-corrected chi connectivity index (χ0v) is 9.30. The van der Waals surface area contributed by atoms with Gasteiger partial charge in [0.2, 0.25) is 0 Å². The summed E-state index contributed by atoms with van der Waals surface area (Å²) in [5, 5.41) is 16.2. The SMILES string of the molecule is CC(N)C(=O)O.CCC(C)C(N)C(=O)O. The molecule has 0 bridgehead atoms. The van der Waals surface area contributed by atoms with Crippen molar-refractivity contribution in [3.63, 3.8) is 0 Å². The molecule has 6 nitrogen and oxygen atoms in total. The number of aliphatic carboxylic acids is 2. The molecule has 0 amide bonds. The smallest absolute Gasteiger partial charge is 0.320 e. The predicted molar refractivity (Wildman–Crippen MR) is 56.4 cm³/mol. The summed E-state index contributed by atoms with van der Waals surface area (Å²) in [6.45, 7) is 5.18. The van der Waals surface area contributed by atoms with Crippen molar-refractivity contribution in [2.45, 2.75) is 39.3 Å². The highest BCUT2D eigenvalue weighted by Crippen LogP contribution is 2.04. The minimum absolute atomic E-state index is 0.0718. The molecule has 0 aromatic carbocycles. The van der Waals surface area contributed by atoms with Gasteiger partial charge in [-0.25, -0.2) is 0 Å². The van der Waals surface area contributed by atoms with Crippen LogP contribution in [0, 0.1) is 5.92 Å². The van der Waals surface area contributed by atoms with Gasteiger partial charge in [-0.2, -0.15) is 0 Å². The lowest BCUT2D eigenvalue weighted by Gasteiger charge is -2.11. The van der Waals surface area contributed by atoms with Crippen LogP contribution in [0.2, 0.25) is 0 Å². The van der Waals surface area contributed by atoms with Crippen molar-refractivity contribution in [2.75, 3.05) is 0 Å². The van der Waals surface area contributed by atoms with Crippen LogP contribution in [0.3, 0.4) is 0 Å². The molecule has 0 fully saturated rings. The highest BCUT2D eigenvalue weighted by Gasteiger charge is 2.17. The van der Waals surface area contributed by atoms with Crippen molar-refractivity contribution in [2.24, 2.45) is 17.4 Å². The summed E-state index contributed by atoms with van der Waals surface area (Å²) in [5.74, 6) is -1.80. The fourth-order valence-corrected chi connectivity index (χ4v) is 0.497. The fourth-order valence-electron chi connectivity index (χ4n) is 0.497. The summed E-state index contributed by atoms with van der Waals surface area (Å²) < 4.78 is 0. The third kappa shape index (κ3) is 9.17. The molecule has 0 rings (SSSR count). The summed E-state index contributed by atoms with van der Waals surface area (Å²) >= 11 is 0. The second kappa shape index (κ2) is 8.19. The Labute approximate surface area is 89.3 Å². The summed E-state index contributed by atoms with van der Waals surface area (Å²) in [6, 6.07) is -1.43. The van der Waals surface area contributed by atoms with Crippen LogP contribution in [-0.2, 0) is 9.59 Å². The van der Waals surface area contributed by atoms with Crippen LogP contribution in [0.4, 0.5) is 0 Å². The molecule has 6 N–H and O–H groups in total. The van der Waals surface area contributed by atoms with E-state index in [-0.39, 0.29) is 5.92 Å². The summed E-state index contributed by atoms with van der Waals surface area (Å²) in [4.78, 5) is 19.7. The number of hydrogen-bond donors (Lipinski definition) is 4. The molecule has 90 valence electrons. The highest BCUT2D eigenvalue weighted by molar-refractivity contribution is 5.73. The lowest BCUT2D eigenvalue weighted by molar-refractivity contribution is -0.140. The van der Waals surface area contributed by atoms with E-state index in [0.717, 1.165) is 6.42 Å². The Kier molecular flexibility index (Phi) is 8.90. The van der Waals surface area contributed by atoms with E-state index >= 15 is 0 Å². The monoisotopic (exact) mass is 220 g/mol. The van der Waals surface area contributed by atoms with Crippen LogP contribution in [0.5, 0.6) is 0 Å². The minimum atomic E-state index is -0.963. The Morgan fingerprint density at radius 1 is 1.13 bits per heavy atom. The molecule has 15 heavy (non-hydrogen) atoms. The van der Waals surface area contributed by atoms with Gasteiger partial charge in [0.15, 0.2) is 0 Å². The molecule has 3 atom stereocenters. The molecule has 0 aliphatic carbocycles. The molecule has 3 unspecified atom stereocenters. The third-order valence-electron chi connectivity index (χ3n) is 1.93. The number of rotatable bonds is 4. The maximum atomic E-state index is 10.2. The third-order valence-corrected chi connectivity index (χ3v) is 1.93. The van der Waals surface area contributed by atoms with E-state index in [9.17, 15) is 9.59 Å². The van der Waals surface area contributed by atoms with E-state index in [0.29, 0.717) is 0 Å². The van der Waals surface area contributed by atoms with Crippen LogP contribution in [0.25, 0.3) is 0 Å². The molecule has 0 aromatic rings. The molecular weight excluding hydrogens is 200 g/mol. The maximum absolute atomic E-state index is 10.2. The first-order valence-corrected chi connectivity index (χ1v) is 4.70. The van der Waals surface area contributed by atoms with Gasteiger partial charge in [0.05, 0.1) is 0 Å². The topological polar surface area (TPSA) is 127 Å². The zero-order valence-electron chi connectivity index (χ0n) is 9.30. The van der Waals surface area contributed by atoms with E-state index in [4.69, 9.17) is 21.7 Å². The van der Waals surface area contributed by atoms with Crippen molar-refractivity contribution in [3.8, 4) is 0 Å². The van der Waals surface area contributed by atoms with Gasteiger partial charge in [0, 0.05) is 0 Å². The van der Waals surface area contributed by atoms with Crippen LogP contribution in [0.15, 0.2) is 0 Å². The summed E-state index contributed by atoms with van der Waals surface area (Å²) in [5.41, 5.74) is 10.1. The van der Waals surface area contributed by atoms with E-state index in [2.05, 4.69) is 0 Å². The van der Waals surface area contributed by atoms with Gasteiger partial charge >= 0.3 is 11.9 Å². The van der Waals surface area contributed by atoms with Crippen LogP contribution in [-0.4, -0.2) is 34.2 Å². The molecule has 0 heterocycles. The molecular formula is C9H20N2O4. The quantitative estimate of drug-likeness (QED) is 0.522. The molecule has 0 aromatic heterocycles. The number of carbonyl (C=O) groups is 2. The number of hydrogen-bond acceptors (Lipinski definition) is 4. The standard InChI is InChI=1S/C6H13NO2.C3H7NO2/c1-3-4(2)5(7)6(8)9;1-2(4)3(5)6/h4-5H,3,7H2,1-2H3,(H,8,9);2H,4H2,1H3,(H,5,6). The van der Waals surface area contributed by atoms with Gasteiger partial charge in [-0.05, 0) is 12.8 Å². The van der Waals surface area contributed by atoms with Crippen molar-refractivity contribution < 1.29 is 19.8 Å². The normalized spacial score (nSPS) is 15.5. The predicted octanol–water partition coefficient (Wildman–Crippen LogP) is -0.137. The van der Waals surface area contributed by atoms with Gasteiger partial charge in [-0.15, -0.1) is 0 Å². The lowest BCUT2D eigenvalue weighted by atomic mass is 10.0. The second-order valence-corrected chi connectivity index (χ2v) is 3.38. The van der Waals surface area contributed by atoms with Crippen molar-refractivity contribution in [1.29, 1.82) is 0 Å². The molecule has 0 saturated heterocycles. The summed E-state index contributed by atoms with van der Waals surface area (Å²) in [6.07, 6.45) is 0.813. The Morgan fingerprint density at radius 2 is 1.47 bits per heavy atom. The van der Waals surface area contributed by atoms with Crippen molar-refractivity contribution in [1.82, 2.24) is 0 Å². The first-order chi connectivity index (χ1) is 6.73. The van der Waals surface area contributed by atoms with Crippen LogP contribution in [0.1, 0.15) is 27.2 Å². The van der Waals surface area contributed by atoms with E-state index in [1.165, 1.54) is 6.92 Å². The van der Waals surface area contributed by atoms with Gasteiger partial charge in [0.25, 0.3) is 0 Å². The van der Waals surface area contributed by atoms with Crippen LogP contribution < -0.4 is 11.5 Å². The highest BCUT2D eigenvalue weighted by atomic mass is 16.4. The average Bonchev–Trinajstić information content (AvgIpc) is 2.16. The Morgan fingerprint density at radius 3 is 1.53 bits per heavy atom. The first kappa shape index (κ1) is 16.3. The molecule has 0 spiro atoms. The van der Waals surface area contributed by atoms with E-state index in [1.807, 2.05) is 13.8 Å². The number of nitrogens with two attached hydrogens (primary N) is 2. The van der Waals surface area contributed by atoms with E-state index < -0.39 is 24.0 Å². The molecule has 6 heteroatoms.